The number of nitrogen functional groups attached to an aromatic ring is 1. The van der Waals surface area contributed by atoms with Crippen molar-refractivity contribution in [2.75, 3.05) is 5.73 Å². The first kappa shape index (κ1) is 10.8. The van der Waals surface area contributed by atoms with E-state index in [4.69, 9.17) is 17.3 Å². The number of hydrogen-bond acceptors (Lipinski definition) is 2. The second kappa shape index (κ2) is 4.03. The molecule has 1 aliphatic carbocycles. The Morgan fingerprint density at radius 1 is 1.33 bits per heavy atom. The van der Waals surface area contributed by atoms with Crippen LogP contribution in [-0.2, 0) is 5.60 Å². The molecule has 1 fully saturated rings. The van der Waals surface area contributed by atoms with Crippen molar-refractivity contribution in [2.45, 2.75) is 36.7 Å². The molecule has 82 valence electrons. The highest BCUT2D eigenvalue weighted by Crippen LogP contribution is 2.42. The fraction of sp³-hybridized carbons (Fsp3) is 0.500. The zero-order valence-corrected chi connectivity index (χ0v) is 9.37. The van der Waals surface area contributed by atoms with Gasteiger partial charge in [-0.25, -0.2) is 0 Å². The van der Waals surface area contributed by atoms with Crippen molar-refractivity contribution >= 4 is 17.3 Å². The first-order valence-electron chi connectivity index (χ1n) is 5.36. The van der Waals surface area contributed by atoms with Gasteiger partial charge in [-0.05, 0) is 18.9 Å². The largest absolute Gasteiger partial charge is 0.398 e. The first-order valence-corrected chi connectivity index (χ1v) is 5.79. The summed E-state index contributed by atoms with van der Waals surface area (Å²) >= 11 is 6.22. The Morgan fingerprint density at radius 2 is 2.07 bits per heavy atom. The number of rotatable bonds is 1. The minimum atomic E-state index is -0.939. The molecule has 0 radical (unpaired) electrons. The lowest BCUT2D eigenvalue weighted by Gasteiger charge is -2.37. The monoisotopic (exact) mass is 225 g/mol. The summed E-state index contributed by atoms with van der Waals surface area (Å²) in [5.74, 6) is 0. The van der Waals surface area contributed by atoms with Gasteiger partial charge >= 0.3 is 0 Å². The molecule has 0 saturated heterocycles. The zero-order valence-electron chi connectivity index (χ0n) is 8.62. The minimum Gasteiger partial charge on any atom is -0.398 e. The lowest BCUT2D eigenvalue weighted by atomic mass is 9.78. The molecule has 2 atom stereocenters. The number of halogens is 1. The number of alkyl halides is 1. The number of nitrogens with two attached hydrogens (primary N) is 1. The average Bonchev–Trinajstić information content (AvgIpc) is 2.23. The van der Waals surface area contributed by atoms with E-state index in [1.165, 1.54) is 0 Å². The van der Waals surface area contributed by atoms with Gasteiger partial charge in [-0.2, -0.15) is 0 Å². The predicted molar refractivity (Wildman–Crippen MR) is 62.9 cm³/mol. The van der Waals surface area contributed by atoms with E-state index in [0.29, 0.717) is 12.1 Å². The highest BCUT2D eigenvalue weighted by Gasteiger charge is 2.40. The molecule has 2 rings (SSSR count). The van der Waals surface area contributed by atoms with Crippen LogP contribution in [0.3, 0.4) is 0 Å². The fourth-order valence-electron chi connectivity index (χ4n) is 2.31. The smallest absolute Gasteiger partial charge is 0.108 e. The predicted octanol–water partition coefficient (Wildman–Crippen LogP) is 2.64. The van der Waals surface area contributed by atoms with Gasteiger partial charge in [0.05, 0.1) is 5.38 Å². The van der Waals surface area contributed by atoms with Gasteiger partial charge in [0.1, 0.15) is 5.60 Å². The van der Waals surface area contributed by atoms with Crippen molar-refractivity contribution in [1.29, 1.82) is 0 Å². The summed E-state index contributed by atoms with van der Waals surface area (Å²) in [4.78, 5) is 0. The molecule has 1 aromatic rings. The van der Waals surface area contributed by atoms with E-state index in [-0.39, 0.29) is 5.38 Å². The lowest BCUT2D eigenvalue weighted by molar-refractivity contribution is 0.00452. The molecule has 0 amide bonds. The number of hydrogen-bond donors (Lipinski definition) is 2. The number of aliphatic hydroxyl groups is 1. The SMILES string of the molecule is Nc1ccccc1C1(O)CCCCC1Cl. The Bertz CT molecular complexity index is 355. The Hall–Kier alpha value is -0.730. The van der Waals surface area contributed by atoms with Crippen molar-refractivity contribution in [3.8, 4) is 0 Å². The van der Waals surface area contributed by atoms with E-state index in [2.05, 4.69) is 0 Å². The van der Waals surface area contributed by atoms with Crippen LogP contribution in [0.1, 0.15) is 31.2 Å². The van der Waals surface area contributed by atoms with Crippen LogP contribution in [0.2, 0.25) is 0 Å². The van der Waals surface area contributed by atoms with Crippen molar-refractivity contribution < 1.29 is 5.11 Å². The van der Waals surface area contributed by atoms with E-state index in [1.807, 2.05) is 24.3 Å². The summed E-state index contributed by atoms with van der Waals surface area (Å²) in [6.07, 6.45) is 3.65. The molecule has 2 unspecified atom stereocenters. The zero-order chi connectivity index (χ0) is 10.9. The minimum absolute atomic E-state index is 0.226. The Kier molecular flexibility index (Phi) is 2.89. The molecule has 3 heteroatoms. The number of para-hydroxylation sites is 1. The molecule has 2 nitrogen and oxygen atoms in total. The maximum atomic E-state index is 10.6. The molecule has 0 heterocycles. The first-order chi connectivity index (χ1) is 7.14. The van der Waals surface area contributed by atoms with E-state index in [0.717, 1.165) is 24.8 Å². The standard InChI is InChI=1S/C12H16ClNO/c13-11-7-3-4-8-12(11,15)9-5-1-2-6-10(9)14/h1-2,5-6,11,15H,3-4,7-8,14H2. The third kappa shape index (κ3) is 1.84. The van der Waals surface area contributed by atoms with Crippen molar-refractivity contribution in [1.82, 2.24) is 0 Å². The highest BCUT2D eigenvalue weighted by atomic mass is 35.5. The fourth-order valence-corrected chi connectivity index (χ4v) is 2.69. The molecule has 1 aromatic carbocycles. The number of anilines is 1. The molecule has 15 heavy (non-hydrogen) atoms. The normalized spacial score (nSPS) is 31.5. The van der Waals surface area contributed by atoms with Crippen LogP contribution in [0, 0.1) is 0 Å². The van der Waals surface area contributed by atoms with Crippen LogP contribution in [0.15, 0.2) is 24.3 Å². The van der Waals surface area contributed by atoms with E-state index in [9.17, 15) is 5.11 Å². The van der Waals surface area contributed by atoms with Gasteiger partial charge in [0, 0.05) is 11.3 Å². The Labute approximate surface area is 95.1 Å². The topological polar surface area (TPSA) is 46.2 Å². The van der Waals surface area contributed by atoms with Gasteiger partial charge in [-0.15, -0.1) is 11.6 Å². The van der Waals surface area contributed by atoms with Crippen LogP contribution in [-0.4, -0.2) is 10.5 Å². The van der Waals surface area contributed by atoms with Gasteiger partial charge in [0.2, 0.25) is 0 Å². The molecule has 0 aliphatic heterocycles. The maximum Gasteiger partial charge on any atom is 0.108 e. The van der Waals surface area contributed by atoms with Gasteiger partial charge in [-0.1, -0.05) is 31.0 Å². The summed E-state index contributed by atoms with van der Waals surface area (Å²) in [5.41, 5.74) is 6.35. The molecule has 0 bridgehead atoms. The van der Waals surface area contributed by atoms with Crippen LogP contribution in [0.4, 0.5) is 5.69 Å². The molecule has 0 aromatic heterocycles. The Balaban J connectivity index is 2.39. The van der Waals surface area contributed by atoms with Gasteiger partial charge in [-0.3, -0.25) is 0 Å². The molecule has 1 aliphatic rings. The Morgan fingerprint density at radius 3 is 2.73 bits per heavy atom. The van der Waals surface area contributed by atoms with Gasteiger partial charge in [0.15, 0.2) is 0 Å². The summed E-state index contributed by atoms with van der Waals surface area (Å²) < 4.78 is 0. The molecular formula is C12H16ClNO. The summed E-state index contributed by atoms with van der Waals surface area (Å²) in [5, 5.41) is 10.4. The summed E-state index contributed by atoms with van der Waals surface area (Å²) in [7, 11) is 0. The van der Waals surface area contributed by atoms with Gasteiger partial charge in [0.25, 0.3) is 0 Å². The van der Waals surface area contributed by atoms with Gasteiger partial charge < -0.3 is 10.8 Å². The van der Waals surface area contributed by atoms with E-state index >= 15 is 0 Å². The van der Waals surface area contributed by atoms with E-state index in [1.54, 1.807) is 0 Å². The van der Waals surface area contributed by atoms with E-state index < -0.39 is 5.60 Å². The molecule has 3 N–H and O–H groups in total. The second-order valence-electron chi connectivity index (χ2n) is 4.22. The van der Waals surface area contributed by atoms with Crippen LogP contribution >= 0.6 is 11.6 Å². The van der Waals surface area contributed by atoms with Crippen LogP contribution < -0.4 is 5.73 Å². The molecular weight excluding hydrogens is 210 g/mol. The summed E-state index contributed by atoms with van der Waals surface area (Å²) in [6.45, 7) is 0. The van der Waals surface area contributed by atoms with Crippen molar-refractivity contribution in [2.24, 2.45) is 0 Å². The molecule has 0 spiro atoms. The third-order valence-corrected chi connectivity index (χ3v) is 3.79. The lowest BCUT2D eigenvalue weighted by Crippen LogP contribution is -2.39. The second-order valence-corrected chi connectivity index (χ2v) is 4.75. The maximum absolute atomic E-state index is 10.6. The quantitative estimate of drug-likeness (QED) is 0.570. The van der Waals surface area contributed by atoms with Crippen molar-refractivity contribution in [3.63, 3.8) is 0 Å². The van der Waals surface area contributed by atoms with Crippen LogP contribution in [0.25, 0.3) is 0 Å². The highest BCUT2D eigenvalue weighted by molar-refractivity contribution is 6.21. The molecule has 1 saturated carbocycles. The number of benzene rings is 1. The average molecular weight is 226 g/mol. The third-order valence-electron chi connectivity index (χ3n) is 3.21. The summed E-state index contributed by atoms with van der Waals surface area (Å²) in [6, 6.07) is 7.44. The van der Waals surface area contributed by atoms with Crippen molar-refractivity contribution in [3.05, 3.63) is 29.8 Å². The van der Waals surface area contributed by atoms with Crippen LogP contribution in [0.5, 0.6) is 0 Å².